The third-order valence-electron chi connectivity index (χ3n) is 2.84. The summed E-state index contributed by atoms with van der Waals surface area (Å²) in [4.78, 5) is 1.21. The van der Waals surface area contributed by atoms with Gasteiger partial charge >= 0.3 is 0 Å². The first-order valence-corrected chi connectivity index (χ1v) is 8.40. The molecule has 0 aliphatic heterocycles. The zero-order chi connectivity index (χ0) is 14.5. The van der Waals surface area contributed by atoms with Crippen LogP contribution in [0.3, 0.4) is 0 Å². The number of halogens is 2. The van der Waals surface area contributed by atoms with E-state index in [1.165, 1.54) is 10.4 Å². The highest BCUT2D eigenvalue weighted by Gasteiger charge is 2.07. The highest BCUT2D eigenvalue weighted by molar-refractivity contribution is 9.10. The van der Waals surface area contributed by atoms with Crippen molar-refractivity contribution in [2.24, 2.45) is 0 Å². The average molecular weight is 375 g/mol. The molecule has 0 aliphatic carbocycles. The number of thiophene rings is 1. The molecule has 1 aromatic heterocycles. The van der Waals surface area contributed by atoms with E-state index >= 15 is 0 Å². The van der Waals surface area contributed by atoms with Crippen LogP contribution in [0.1, 0.15) is 17.4 Å². The molecule has 0 saturated heterocycles. The van der Waals surface area contributed by atoms with Gasteiger partial charge in [-0.05, 0) is 48.0 Å². The Morgan fingerprint density at radius 2 is 2.05 bits per heavy atom. The van der Waals surface area contributed by atoms with Crippen molar-refractivity contribution in [3.63, 3.8) is 0 Å². The van der Waals surface area contributed by atoms with Crippen LogP contribution in [-0.2, 0) is 6.54 Å². The Labute approximate surface area is 137 Å². The number of hydrogen-bond acceptors (Lipinski definition) is 3. The van der Waals surface area contributed by atoms with Crippen LogP contribution < -0.4 is 10.1 Å². The smallest absolute Gasteiger partial charge is 0.119 e. The molecule has 2 nitrogen and oxygen atoms in total. The second-order valence-electron chi connectivity index (χ2n) is 4.74. The van der Waals surface area contributed by atoms with Gasteiger partial charge in [0.1, 0.15) is 16.7 Å². The van der Waals surface area contributed by atoms with Crippen LogP contribution in [0.25, 0.3) is 0 Å². The second-order valence-corrected chi connectivity index (χ2v) is 7.33. The van der Waals surface area contributed by atoms with Crippen molar-refractivity contribution in [3.05, 3.63) is 49.6 Å². The van der Waals surface area contributed by atoms with E-state index in [0.29, 0.717) is 6.61 Å². The van der Waals surface area contributed by atoms with Crippen molar-refractivity contribution in [1.29, 1.82) is 0 Å². The van der Waals surface area contributed by atoms with Gasteiger partial charge in [-0.15, -0.1) is 11.3 Å². The van der Waals surface area contributed by atoms with Crippen molar-refractivity contribution in [2.75, 3.05) is 6.61 Å². The highest BCUT2D eigenvalue weighted by Crippen LogP contribution is 2.31. The van der Waals surface area contributed by atoms with Gasteiger partial charge in [-0.1, -0.05) is 29.3 Å². The molecule has 2 rings (SSSR count). The molecule has 1 heterocycles. The van der Waals surface area contributed by atoms with Crippen molar-refractivity contribution in [3.8, 4) is 5.75 Å². The second kappa shape index (κ2) is 7.46. The zero-order valence-electron chi connectivity index (χ0n) is 11.5. The Hall–Kier alpha value is -0.550. The predicted octanol–water partition coefficient (Wildman–Crippen LogP) is 5.03. The maximum atomic E-state index is 6.02. The summed E-state index contributed by atoms with van der Waals surface area (Å²) < 4.78 is 7.50. The Morgan fingerprint density at radius 1 is 1.35 bits per heavy atom. The third-order valence-corrected chi connectivity index (χ3v) is 5.32. The van der Waals surface area contributed by atoms with Gasteiger partial charge in [-0.25, -0.2) is 0 Å². The molecule has 1 N–H and O–H groups in total. The molecule has 108 valence electrons. The number of ether oxygens (including phenoxy) is 1. The lowest BCUT2D eigenvalue weighted by molar-refractivity contribution is 0.273. The lowest BCUT2D eigenvalue weighted by Gasteiger charge is -2.14. The lowest BCUT2D eigenvalue weighted by atomic mass is 10.2. The molecule has 0 radical (unpaired) electrons. The minimum Gasteiger partial charge on any atom is -0.492 e. The molecule has 0 amide bonds. The fraction of sp³-hybridized carbons (Fsp3) is 0.333. The summed E-state index contributed by atoms with van der Waals surface area (Å²) in [5, 5.41) is 3.43. The Kier molecular flexibility index (Phi) is 5.90. The average Bonchev–Trinajstić information content (AvgIpc) is 2.75. The number of aryl methyl sites for hydroxylation is 1. The molecular formula is C15H17BrClNOS. The standard InChI is InChI=1S/C15H17BrClNOS/c1-10-3-5-12(6-4-10)19-9-11(2)18-8-13-7-14(16)15(17)20-13/h3-7,11,18H,8-9H2,1-2H3. The molecule has 1 atom stereocenters. The van der Waals surface area contributed by atoms with Crippen LogP contribution in [0.4, 0.5) is 0 Å². The van der Waals surface area contributed by atoms with E-state index in [1.807, 2.05) is 18.2 Å². The number of benzene rings is 1. The fourth-order valence-electron chi connectivity index (χ4n) is 1.67. The normalized spacial score (nSPS) is 12.4. The topological polar surface area (TPSA) is 21.3 Å². The fourth-order valence-corrected chi connectivity index (χ4v) is 3.41. The largest absolute Gasteiger partial charge is 0.492 e. The Bertz CT molecular complexity index is 536. The molecule has 1 aromatic carbocycles. The molecule has 0 aliphatic rings. The molecule has 0 spiro atoms. The van der Waals surface area contributed by atoms with E-state index in [2.05, 4.69) is 47.2 Å². The molecule has 0 bridgehead atoms. The first-order valence-electron chi connectivity index (χ1n) is 6.41. The first-order chi connectivity index (χ1) is 9.54. The van der Waals surface area contributed by atoms with Gasteiger partial charge in [-0.2, -0.15) is 0 Å². The summed E-state index contributed by atoms with van der Waals surface area (Å²) in [6, 6.07) is 10.4. The summed E-state index contributed by atoms with van der Waals surface area (Å²) in [7, 11) is 0. The summed E-state index contributed by atoms with van der Waals surface area (Å²) in [6.45, 7) is 5.62. The van der Waals surface area contributed by atoms with Gasteiger partial charge in [0.25, 0.3) is 0 Å². The van der Waals surface area contributed by atoms with Crippen molar-refractivity contribution >= 4 is 38.9 Å². The quantitative estimate of drug-likeness (QED) is 0.765. The maximum Gasteiger partial charge on any atom is 0.119 e. The molecule has 20 heavy (non-hydrogen) atoms. The van der Waals surface area contributed by atoms with E-state index in [0.717, 1.165) is 21.1 Å². The van der Waals surface area contributed by atoms with Gasteiger partial charge in [0, 0.05) is 21.9 Å². The van der Waals surface area contributed by atoms with E-state index in [9.17, 15) is 0 Å². The van der Waals surface area contributed by atoms with Crippen LogP contribution in [0.15, 0.2) is 34.8 Å². The number of hydrogen-bond donors (Lipinski definition) is 1. The van der Waals surface area contributed by atoms with E-state index in [4.69, 9.17) is 16.3 Å². The van der Waals surface area contributed by atoms with E-state index < -0.39 is 0 Å². The summed E-state index contributed by atoms with van der Waals surface area (Å²) in [5.74, 6) is 0.908. The van der Waals surface area contributed by atoms with Crippen molar-refractivity contribution in [1.82, 2.24) is 5.32 Å². The zero-order valence-corrected chi connectivity index (χ0v) is 14.6. The summed E-state index contributed by atoms with van der Waals surface area (Å²) >= 11 is 11.0. The van der Waals surface area contributed by atoms with Crippen molar-refractivity contribution in [2.45, 2.75) is 26.4 Å². The number of rotatable bonds is 6. The molecule has 0 fully saturated rings. The third kappa shape index (κ3) is 4.77. The lowest BCUT2D eigenvalue weighted by Crippen LogP contribution is -2.31. The maximum absolute atomic E-state index is 6.02. The van der Waals surface area contributed by atoms with Gasteiger partial charge in [0.05, 0.1) is 0 Å². The van der Waals surface area contributed by atoms with Crippen LogP contribution in [0, 0.1) is 6.92 Å². The molecule has 1 unspecified atom stereocenters. The summed E-state index contributed by atoms with van der Waals surface area (Å²) in [6.07, 6.45) is 0. The predicted molar refractivity (Wildman–Crippen MR) is 90.0 cm³/mol. The number of nitrogens with one attached hydrogen (secondary N) is 1. The monoisotopic (exact) mass is 373 g/mol. The van der Waals surface area contributed by atoms with Crippen LogP contribution in [0.5, 0.6) is 5.75 Å². The Balaban J connectivity index is 1.75. The summed E-state index contributed by atoms with van der Waals surface area (Å²) in [5.41, 5.74) is 1.24. The van der Waals surface area contributed by atoms with Crippen LogP contribution in [0.2, 0.25) is 4.34 Å². The van der Waals surface area contributed by atoms with Gasteiger partial charge in [0.2, 0.25) is 0 Å². The SMILES string of the molecule is Cc1ccc(OCC(C)NCc2cc(Br)c(Cl)s2)cc1. The van der Waals surface area contributed by atoms with Crippen LogP contribution >= 0.6 is 38.9 Å². The molecule has 2 aromatic rings. The van der Waals surface area contributed by atoms with E-state index in [-0.39, 0.29) is 6.04 Å². The van der Waals surface area contributed by atoms with Gasteiger partial charge < -0.3 is 10.1 Å². The van der Waals surface area contributed by atoms with Crippen molar-refractivity contribution < 1.29 is 4.74 Å². The molecule has 0 saturated carbocycles. The highest BCUT2D eigenvalue weighted by atomic mass is 79.9. The van der Waals surface area contributed by atoms with Gasteiger partial charge in [0.15, 0.2) is 0 Å². The Morgan fingerprint density at radius 3 is 2.65 bits per heavy atom. The first kappa shape index (κ1) is 15.8. The minimum absolute atomic E-state index is 0.274. The van der Waals surface area contributed by atoms with Gasteiger partial charge in [-0.3, -0.25) is 0 Å². The molecular weight excluding hydrogens is 358 g/mol. The molecule has 5 heteroatoms. The minimum atomic E-state index is 0.274. The van der Waals surface area contributed by atoms with Crippen LogP contribution in [-0.4, -0.2) is 12.6 Å². The van der Waals surface area contributed by atoms with E-state index in [1.54, 1.807) is 11.3 Å².